The normalized spacial score (nSPS) is 11.5. The van der Waals surface area contributed by atoms with E-state index in [4.69, 9.17) is 37.9 Å². The summed E-state index contributed by atoms with van der Waals surface area (Å²) >= 11 is 12.6. The number of nitrogens with zero attached hydrogens (tertiary/aromatic N) is 3. The number of unbranched alkanes of at least 4 members (excludes halogenated alkanes) is 2. The quantitative estimate of drug-likeness (QED) is 0.0943. The smallest absolute Gasteiger partial charge is 0.219 e. The van der Waals surface area contributed by atoms with Gasteiger partial charge in [-0.2, -0.15) is 0 Å². The van der Waals surface area contributed by atoms with Crippen LogP contribution in [0.4, 0.5) is 5.69 Å². The van der Waals surface area contributed by atoms with Gasteiger partial charge in [-0.25, -0.2) is 9.97 Å². The number of carbonyl (C=O) groups excluding carboxylic acids is 1. The van der Waals surface area contributed by atoms with Gasteiger partial charge in [0.1, 0.15) is 5.75 Å². The van der Waals surface area contributed by atoms with Crippen LogP contribution < -0.4 is 10.1 Å². The first-order valence-corrected chi connectivity index (χ1v) is 16.8. The third-order valence-electron chi connectivity index (χ3n) is 8.74. The van der Waals surface area contributed by atoms with E-state index >= 15 is 0 Å². The minimum Gasteiger partial charge on any atom is -0.497 e. The average molecular weight is 670 g/mol. The Morgan fingerprint density at radius 3 is 2.17 bits per heavy atom. The van der Waals surface area contributed by atoms with Crippen molar-refractivity contribution in [3.8, 4) is 5.75 Å². The second-order valence-electron chi connectivity index (χ2n) is 11.9. The third kappa shape index (κ3) is 7.38. The van der Waals surface area contributed by atoms with Gasteiger partial charge in [-0.1, -0.05) is 41.8 Å². The van der Waals surface area contributed by atoms with Gasteiger partial charge < -0.3 is 20.1 Å². The summed E-state index contributed by atoms with van der Waals surface area (Å²) < 4.78 is 5.49. The molecule has 0 bridgehead atoms. The zero-order valence-electron chi connectivity index (χ0n) is 26.7. The first-order valence-electron chi connectivity index (χ1n) is 16.0. The van der Waals surface area contributed by atoms with Crippen LogP contribution in [-0.2, 0) is 17.8 Å². The Bertz CT molecular complexity index is 2080. The van der Waals surface area contributed by atoms with Crippen LogP contribution in [0.2, 0.25) is 10.0 Å². The van der Waals surface area contributed by atoms with Gasteiger partial charge >= 0.3 is 0 Å². The number of ether oxygens (including phenoxy) is 1. The van der Waals surface area contributed by atoms with Crippen molar-refractivity contribution in [3.63, 3.8) is 0 Å². The van der Waals surface area contributed by atoms with Crippen LogP contribution in [0.1, 0.15) is 43.7 Å². The molecule has 0 fully saturated rings. The number of fused-ring (bicyclic) bond motifs is 4. The predicted octanol–water partition coefficient (Wildman–Crippen LogP) is 8.96. The predicted molar refractivity (Wildman–Crippen MR) is 194 cm³/mol. The van der Waals surface area contributed by atoms with Crippen molar-refractivity contribution in [2.45, 2.75) is 45.6 Å². The molecular formula is C38H38Cl2N4O3. The molecule has 0 aliphatic heterocycles. The fourth-order valence-corrected chi connectivity index (χ4v) is 6.66. The number of rotatable bonds is 13. The van der Waals surface area contributed by atoms with Crippen molar-refractivity contribution in [1.29, 1.82) is 0 Å². The number of aliphatic hydroxyl groups excluding tert-OH is 1. The van der Waals surface area contributed by atoms with E-state index in [0.717, 1.165) is 92.7 Å². The van der Waals surface area contributed by atoms with E-state index in [1.54, 1.807) is 14.0 Å². The Morgan fingerprint density at radius 2 is 1.45 bits per heavy atom. The SMILES string of the molecule is COc1ccc2nc3cc(Cl)ccc3c(NCCCN(CCCCCc3c4ccc(Cl)cc4nc4ccc(CO)cc34)C(C)=O)c2c1. The second-order valence-corrected chi connectivity index (χ2v) is 12.8. The molecule has 0 radical (unpaired) electrons. The van der Waals surface area contributed by atoms with Gasteiger partial charge in [-0.05, 0) is 97.5 Å². The van der Waals surface area contributed by atoms with Crippen LogP contribution in [0.25, 0.3) is 43.6 Å². The van der Waals surface area contributed by atoms with Gasteiger partial charge in [-0.3, -0.25) is 4.79 Å². The molecule has 9 heteroatoms. The van der Waals surface area contributed by atoms with Crippen LogP contribution in [0.5, 0.6) is 5.75 Å². The number of aliphatic hydroxyl groups is 1. The number of carbonyl (C=O) groups is 1. The second kappa shape index (κ2) is 14.7. The molecule has 0 unspecified atom stereocenters. The van der Waals surface area contributed by atoms with Crippen LogP contribution in [0.15, 0.2) is 72.8 Å². The number of hydrogen-bond donors (Lipinski definition) is 2. The summed E-state index contributed by atoms with van der Waals surface area (Å²) in [7, 11) is 1.66. The molecule has 242 valence electrons. The van der Waals surface area contributed by atoms with Crippen LogP contribution in [0.3, 0.4) is 0 Å². The van der Waals surface area contributed by atoms with E-state index in [-0.39, 0.29) is 12.5 Å². The molecule has 0 atom stereocenters. The van der Waals surface area contributed by atoms with E-state index in [1.165, 1.54) is 5.56 Å². The van der Waals surface area contributed by atoms with Gasteiger partial charge in [0.05, 0.1) is 41.5 Å². The number of aryl methyl sites for hydroxylation is 1. The van der Waals surface area contributed by atoms with Crippen LogP contribution in [0, 0.1) is 0 Å². The number of amides is 1. The molecule has 0 saturated carbocycles. The summed E-state index contributed by atoms with van der Waals surface area (Å²) in [6.45, 7) is 3.72. The van der Waals surface area contributed by atoms with Gasteiger partial charge in [-0.15, -0.1) is 0 Å². The maximum Gasteiger partial charge on any atom is 0.219 e. The van der Waals surface area contributed by atoms with E-state index in [0.29, 0.717) is 29.7 Å². The van der Waals surface area contributed by atoms with Crippen molar-refractivity contribution in [3.05, 3.63) is 94.0 Å². The zero-order chi connectivity index (χ0) is 32.9. The Hall–Kier alpha value is -4.17. The molecule has 1 amide bonds. The van der Waals surface area contributed by atoms with Gasteiger partial charge in [0, 0.05) is 58.1 Å². The molecule has 6 rings (SSSR count). The minimum atomic E-state index is -0.0101. The largest absolute Gasteiger partial charge is 0.497 e. The Labute approximate surface area is 284 Å². The number of pyridine rings is 2. The Kier molecular flexibility index (Phi) is 10.3. The number of aromatic nitrogens is 2. The van der Waals surface area contributed by atoms with Crippen molar-refractivity contribution < 1.29 is 14.6 Å². The molecule has 4 aromatic carbocycles. The molecular weight excluding hydrogens is 631 g/mol. The number of anilines is 1. The van der Waals surface area contributed by atoms with E-state index in [2.05, 4.69) is 5.32 Å². The molecule has 2 aromatic heterocycles. The Morgan fingerprint density at radius 1 is 0.766 bits per heavy atom. The number of benzene rings is 4. The third-order valence-corrected chi connectivity index (χ3v) is 9.21. The molecule has 6 aromatic rings. The highest BCUT2D eigenvalue weighted by molar-refractivity contribution is 6.31. The Balaban J connectivity index is 1.07. The highest BCUT2D eigenvalue weighted by atomic mass is 35.5. The van der Waals surface area contributed by atoms with Crippen molar-refractivity contribution in [2.75, 3.05) is 32.1 Å². The molecule has 2 heterocycles. The monoisotopic (exact) mass is 668 g/mol. The van der Waals surface area contributed by atoms with Crippen LogP contribution in [-0.4, -0.2) is 52.6 Å². The van der Waals surface area contributed by atoms with E-state index in [9.17, 15) is 9.90 Å². The number of methoxy groups -OCH3 is 1. The standard InChI is InChI=1S/C38H38Cl2N4O3/c1-24(46)44(18-6-16-41-38-31-13-10-27(40)21-37(31)43-35-15-11-28(47-2)22-33(35)38)17-5-3-4-7-29-30-12-9-26(39)20-36(30)42-34-14-8-25(23-45)19-32(29)34/h8-15,19-22,45H,3-7,16-18,23H2,1-2H3,(H,41,43). The lowest BCUT2D eigenvalue weighted by Gasteiger charge is -2.22. The average Bonchev–Trinajstić information content (AvgIpc) is 3.07. The minimum absolute atomic E-state index is 0.0101. The molecule has 0 spiro atoms. The maximum atomic E-state index is 12.6. The van der Waals surface area contributed by atoms with Crippen molar-refractivity contribution in [1.82, 2.24) is 14.9 Å². The molecule has 0 aliphatic rings. The summed E-state index contributed by atoms with van der Waals surface area (Å²) in [5.74, 6) is 0.853. The summed E-state index contributed by atoms with van der Waals surface area (Å²) in [5, 5.41) is 18.8. The van der Waals surface area contributed by atoms with Gasteiger partial charge in [0.2, 0.25) is 5.91 Å². The number of halogens is 2. The van der Waals surface area contributed by atoms with E-state index in [1.807, 2.05) is 77.7 Å². The van der Waals surface area contributed by atoms with Crippen LogP contribution >= 0.6 is 23.2 Å². The zero-order valence-corrected chi connectivity index (χ0v) is 28.2. The molecule has 2 N–H and O–H groups in total. The molecule has 7 nitrogen and oxygen atoms in total. The summed E-state index contributed by atoms with van der Waals surface area (Å²) in [6, 6.07) is 23.4. The lowest BCUT2D eigenvalue weighted by atomic mass is 9.96. The molecule has 0 aliphatic carbocycles. The number of hydrogen-bond acceptors (Lipinski definition) is 6. The lowest BCUT2D eigenvalue weighted by molar-refractivity contribution is -0.128. The van der Waals surface area contributed by atoms with E-state index < -0.39 is 0 Å². The van der Waals surface area contributed by atoms with Crippen molar-refractivity contribution in [2.24, 2.45) is 0 Å². The molecule has 47 heavy (non-hydrogen) atoms. The first kappa shape index (κ1) is 32.8. The van der Waals surface area contributed by atoms with Crippen molar-refractivity contribution >= 4 is 78.4 Å². The molecule has 0 saturated heterocycles. The maximum absolute atomic E-state index is 12.6. The van der Waals surface area contributed by atoms with Gasteiger partial charge in [0.25, 0.3) is 0 Å². The highest BCUT2D eigenvalue weighted by Crippen LogP contribution is 2.34. The number of nitrogens with one attached hydrogen (secondary N) is 1. The fraction of sp³-hybridized carbons (Fsp3) is 0.289. The first-order chi connectivity index (χ1) is 22.8. The highest BCUT2D eigenvalue weighted by Gasteiger charge is 2.14. The summed E-state index contributed by atoms with van der Waals surface area (Å²) in [6.07, 6.45) is 4.55. The summed E-state index contributed by atoms with van der Waals surface area (Å²) in [4.78, 5) is 24.1. The fourth-order valence-electron chi connectivity index (χ4n) is 6.32. The lowest BCUT2D eigenvalue weighted by Crippen LogP contribution is -2.31. The topological polar surface area (TPSA) is 87.6 Å². The van der Waals surface area contributed by atoms with Gasteiger partial charge in [0.15, 0.2) is 0 Å². The summed E-state index contributed by atoms with van der Waals surface area (Å²) in [5.41, 5.74) is 6.55.